The highest BCUT2D eigenvalue weighted by Crippen LogP contribution is 1.94. The van der Waals surface area contributed by atoms with Crippen molar-refractivity contribution < 1.29 is 121 Å². The van der Waals surface area contributed by atoms with Crippen LogP contribution in [0.3, 0.4) is 0 Å². The van der Waals surface area contributed by atoms with E-state index in [1.165, 1.54) is 0 Å². The lowest BCUT2D eigenvalue weighted by Crippen LogP contribution is -2.06. The zero-order chi connectivity index (χ0) is 20.4. The summed E-state index contributed by atoms with van der Waals surface area (Å²) in [7, 11) is 0. The highest BCUT2D eigenvalue weighted by Gasteiger charge is 2.00. The van der Waals surface area contributed by atoms with Gasteiger partial charge in [-0.3, -0.25) is 0 Å². The predicted octanol–water partition coefficient (Wildman–Crippen LogP) is -2.45. The molecule has 0 rings (SSSR count). The number of aliphatic hydroxyl groups is 2. The molecule has 0 atom stereocenters. The van der Waals surface area contributed by atoms with Crippen LogP contribution >= 0.6 is 0 Å². The minimum atomic E-state index is -0.339. The van der Waals surface area contributed by atoms with Gasteiger partial charge in [0.05, 0.1) is 13.2 Å². The summed E-state index contributed by atoms with van der Waals surface area (Å²) in [4.78, 5) is 8.14. The second kappa shape index (κ2) is 26.0. The summed E-state index contributed by atoms with van der Waals surface area (Å²) in [5.74, 6) is 0. The van der Waals surface area contributed by atoms with E-state index in [4.69, 9.17) is 10.2 Å². The van der Waals surface area contributed by atoms with Gasteiger partial charge < -0.3 is 10.2 Å². The summed E-state index contributed by atoms with van der Waals surface area (Å²) < 4.78 is 0. The minimum absolute atomic E-state index is 0.211. The quantitative estimate of drug-likeness (QED) is 0.0846. The first-order valence-electron chi connectivity index (χ1n) is 5.71. The molecule has 28 heavy (non-hydrogen) atoms. The molecule has 170 valence electrons. The van der Waals surface area contributed by atoms with Crippen LogP contribution in [0.25, 0.3) is 0 Å². The molecular weight excluding hydrogens is 432 g/mol. The van der Waals surface area contributed by atoms with Crippen LogP contribution in [0.5, 0.6) is 0 Å². The van der Waals surface area contributed by atoms with Crippen LogP contribution in [-0.2, 0) is 111 Å². The van der Waals surface area contributed by atoms with E-state index in [1.54, 1.807) is 0 Å². The maximum Gasteiger partial charge on any atom is 0.109 e. The molecule has 0 saturated heterocycles. The third-order valence-electron chi connectivity index (χ3n) is 0.973. The molecule has 0 unspecified atom stereocenters. The molecule has 0 aliphatic carbocycles. The predicted molar refractivity (Wildman–Crippen MR) is 47.8 cm³/mol. The van der Waals surface area contributed by atoms with Crippen LogP contribution in [0, 0.1) is 0 Å². The Bertz CT molecular complexity index is 235. The van der Waals surface area contributed by atoms with E-state index >= 15 is 0 Å². The van der Waals surface area contributed by atoms with E-state index < -0.39 is 0 Å². The fourth-order valence-corrected chi connectivity index (χ4v) is 0.386. The molecule has 0 heterocycles. The molecule has 2 N–H and O–H groups in total. The van der Waals surface area contributed by atoms with Gasteiger partial charge in [0.15, 0.2) is 0 Å². The van der Waals surface area contributed by atoms with Crippen LogP contribution in [0.4, 0.5) is 0 Å². The molecule has 0 fully saturated rings. The van der Waals surface area contributed by atoms with Gasteiger partial charge in [-0.05, 0) is 80.6 Å². The average Bonchev–Trinajstić information content (AvgIpc) is 2.71. The van der Waals surface area contributed by atoms with Gasteiger partial charge in [-0.25, -0.2) is 9.78 Å². The zero-order valence-corrected chi connectivity index (χ0v) is 12.7. The van der Waals surface area contributed by atoms with E-state index in [1.807, 2.05) is 0 Å². The lowest BCUT2D eigenvalue weighted by atomic mass is 10.8. The van der Waals surface area contributed by atoms with Crippen molar-refractivity contribution in [1.82, 2.24) is 0 Å². The Morgan fingerprint density at radius 2 is 0.464 bits per heavy atom. The van der Waals surface area contributed by atoms with Gasteiger partial charge in [-0.1, -0.05) is 0 Å². The van der Waals surface area contributed by atoms with Gasteiger partial charge in [0.2, 0.25) is 0 Å². The standard InChI is InChI=1S/C4H10O24/c5-1-3-7-9-11-13-15-17-19-21-23-25-27-28-26-24-22-20-18-16-14-12-10-8-4-2-6/h5-6H,1-4H2. The second-order valence-corrected chi connectivity index (χ2v) is 2.45. The molecule has 0 bridgehead atoms. The lowest BCUT2D eigenvalue weighted by Gasteiger charge is -2.00. The summed E-state index contributed by atoms with van der Waals surface area (Å²) in [6.45, 7) is -1.10. The first-order valence-corrected chi connectivity index (χ1v) is 5.71. The van der Waals surface area contributed by atoms with Crippen LogP contribution < -0.4 is 0 Å². The van der Waals surface area contributed by atoms with E-state index in [-0.39, 0.29) is 26.4 Å². The van der Waals surface area contributed by atoms with Gasteiger partial charge in [0, 0.05) is 20.2 Å². The molecule has 0 aromatic carbocycles. The smallest absolute Gasteiger partial charge is 0.109 e. The van der Waals surface area contributed by atoms with Crippen molar-refractivity contribution >= 4 is 0 Å². The van der Waals surface area contributed by atoms with E-state index in [0.29, 0.717) is 0 Å². The summed E-state index contributed by atoms with van der Waals surface area (Å²) in [5, 5.41) is 88.0. The maximum atomic E-state index is 8.25. The van der Waals surface area contributed by atoms with Crippen molar-refractivity contribution in [2.45, 2.75) is 0 Å². The third-order valence-corrected chi connectivity index (χ3v) is 0.973. The molecule has 24 nitrogen and oxygen atoms in total. The van der Waals surface area contributed by atoms with E-state index in [2.05, 4.69) is 111 Å². The Hall–Kier alpha value is -0.960. The number of rotatable bonds is 25. The van der Waals surface area contributed by atoms with Gasteiger partial charge >= 0.3 is 0 Å². The van der Waals surface area contributed by atoms with Crippen molar-refractivity contribution in [1.29, 1.82) is 0 Å². The van der Waals surface area contributed by atoms with E-state index in [0.717, 1.165) is 0 Å². The molecule has 0 amide bonds. The fourth-order valence-electron chi connectivity index (χ4n) is 0.386. The molecule has 0 aromatic rings. The number of hydrogen-bond donors (Lipinski definition) is 2. The summed E-state index contributed by atoms with van der Waals surface area (Å²) in [5.41, 5.74) is 0. The van der Waals surface area contributed by atoms with Crippen LogP contribution in [0.15, 0.2) is 0 Å². The molecule has 24 heteroatoms. The Labute approximate surface area is 148 Å². The summed E-state index contributed by atoms with van der Waals surface area (Å²) >= 11 is 0. The minimum Gasteiger partial charge on any atom is -0.394 e. The normalized spacial score (nSPS) is 11.4. The average molecular weight is 442 g/mol. The van der Waals surface area contributed by atoms with E-state index in [9.17, 15) is 0 Å². The van der Waals surface area contributed by atoms with Crippen LogP contribution in [0.1, 0.15) is 0 Å². The fraction of sp³-hybridized carbons (Fsp3) is 1.00. The SMILES string of the molecule is OCCOOOOOOOOOOOOOOOOOOOOOOCCO. The Kier molecular flexibility index (Phi) is 25.1. The monoisotopic (exact) mass is 442 g/mol. The second-order valence-electron chi connectivity index (χ2n) is 2.45. The lowest BCUT2D eigenvalue weighted by molar-refractivity contribution is -0.897. The van der Waals surface area contributed by atoms with Crippen molar-refractivity contribution in [3.8, 4) is 0 Å². The molecule has 0 aromatic heterocycles. The van der Waals surface area contributed by atoms with Gasteiger partial charge in [-0.2, -0.15) is 0 Å². The van der Waals surface area contributed by atoms with Crippen molar-refractivity contribution in [2.75, 3.05) is 26.4 Å². The molecule has 0 aliphatic heterocycles. The Balaban J connectivity index is 2.96. The molecule has 0 radical (unpaired) electrons. The zero-order valence-electron chi connectivity index (χ0n) is 12.7. The topological polar surface area (TPSA) is 244 Å². The molecule has 0 saturated carbocycles. The largest absolute Gasteiger partial charge is 0.394 e. The van der Waals surface area contributed by atoms with Crippen LogP contribution in [0.2, 0.25) is 0 Å². The third kappa shape index (κ3) is 25.0. The first-order chi connectivity index (χ1) is 13.9. The number of aliphatic hydroxyl groups excluding tert-OH is 2. The summed E-state index contributed by atoms with van der Waals surface area (Å²) in [6, 6.07) is 0. The highest BCUT2D eigenvalue weighted by atomic mass is 18.0. The van der Waals surface area contributed by atoms with Crippen molar-refractivity contribution in [3.05, 3.63) is 0 Å². The molecular formula is C4H10O24. The molecule has 0 spiro atoms. The van der Waals surface area contributed by atoms with Gasteiger partial charge in [0.1, 0.15) is 13.2 Å². The van der Waals surface area contributed by atoms with Crippen molar-refractivity contribution in [3.63, 3.8) is 0 Å². The van der Waals surface area contributed by atoms with Gasteiger partial charge in [-0.15, -0.1) is 0 Å². The van der Waals surface area contributed by atoms with Crippen molar-refractivity contribution in [2.24, 2.45) is 0 Å². The Morgan fingerprint density at radius 3 is 0.643 bits per heavy atom. The Morgan fingerprint density at radius 1 is 0.286 bits per heavy atom. The highest BCUT2D eigenvalue weighted by molar-refractivity contribution is 4.10. The maximum absolute atomic E-state index is 8.25. The van der Waals surface area contributed by atoms with Crippen LogP contribution in [-0.4, -0.2) is 36.6 Å². The van der Waals surface area contributed by atoms with Gasteiger partial charge in [0.25, 0.3) is 0 Å². The number of hydrogen-bond acceptors (Lipinski definition) is 24. The molecule has 0 aliphatic rings. The summed E-state index contributed by atoms with van der Waals surface area (Å²) in [6.07, 6.45) is 0. The first kappa shape index (κ1) is 27.0.